The second kappa shape index (κ2) is 10.9. The number of carbonyl (C=O) groups is 5. The van der Waals surface area contributed by atoms with Gasteiger partial charge in [0.05, 0.1) is 18.1 Å². The van der Waals surface area contributed by atoms with Crippen LogP contribution in [-0.2, 0) is 38.4 Å². The van der Waals surface area contributed by atoms with E-state index in [-0.39, 0.29) is 27.1 Å². The molecule has 21 heteroatoms. The average molecular weight is 636 g/mol. The molecular formula is C23H21N7O13S. The van der Waals surface area contributed by atoms with Gasteiger partial charge < -0.3 is 41.1 Å². The summed E-state index contributed by atoms with van der Waals surface area (Å²) in [5.41, 5.74) is 1.46. The van der Waals surface area contributed by atoms with Crippen molar-refractivity contribution in [2.24, 2.45) is 5.16 Å². The molecule has 20 nitrogen and oxygen atoms in total. The van der Waals surface area contributed by atoms with Crippen molar-refractivity contribution < 1.29 is 58.8 Å². The van der Waals surface area contributed by atoms with Crippen LogP contribution in [0.1, 0.15) is 23.9 Å². The summed E-state index contributed by atoms with van der Waals surface area (Å²) in [6.45, 7) is -0.136. The zero-order valence-electron chi connectivity index (χ0n) is 22.2. The molecule has 5 heterocycles. The van der Waals surface area contributed by atoms with Crippen LogP contribution in [-0.4, -0.2) is 99.9 Å². The van der Waals surface area contributed by atoms with Gasteiger partial charge in [0, 0.05) is 17.1 Å². The number of oxime groups is 1. The number of anilines is 1. The van der Waals surface area contributed by atoms with Crippen LogP contribution in [0.25, 0.3) is 5.52 Å². The van der Waals surface area contributed by atoms with Crippen LogP contribution in [0.4, 0.5) is 5.13 Å². The van der Waals surface area contributed by atoms with Gasteiger partial charge in [0.25, 0.3) is 11.8 Å². The van der Waals surface area contributed by atoms with E-state index in [1.807, 2.05) is 0 Å². The summed E-state index contributed by atoms with van der Waals surface area (Å²) >= 11 is 0.926. The number of aryl methyl sites for hydroxylation is 1. The first-order chi connectivity index (χ1) is 20.7. The van der Waals surface area contributed by atoms with E-state index < -0.39 is 90.1 Å². The van der Waals surface area contributed by atoms with E-state index in [1.54, 1.807) is 0 Å². The molecule has 2 amide bonds. The highest BCUT2D eigenvalue weighted by molar-refractivity contribution is 7.13. The molecular weight excluding hydrogens is 614 g/mol. The first-order valence-electron chi connectivity index (χ1n) is 12.3. The molecule has 2 aliphatic rings. The normalized spacial score (nSPS) is 21.9. The van der Waals surface area contributed by atoms with Gasteiger partial charge in [-0.25, -0.2) is 24.2 Å². The molecule has 0 aromatic carbocycles. The van der Waals surface area contributed by atoms with E-state index in [9.17, 15) is 44.1 Å². The van der Waals surface area contributed by atoms with E-state index in [0.717, 1.165) is 32.6 Å². The molecule has 2 unspecified atom stereocenters. The molecule has 2 fully saturated rings. The number of thiazole rings is 1. The quantitative estimate of drug-likeness (QED) is 0.0833. The highest BCUT2D eigenvalue weighted by Crippen LogP contribution is 2.40. The number of nitrogen functional groups attached to an aromatic ring is 1. The lowest BCUT2D eigenvalue weighted by Crippen LogP contribution is -2.57. The monoisotopic (exact) mass is 635 g/mol. The zero-order chi connectivity index (χ0) is 32.1. The van der Waals surface area contributed by atoms with Crippen LogP contribution >= 0.6 is 11.3 Å². The smallest absolute Gasteiger partial charge is 0.372 e. The van der Waals surface area contributed by atoms with Gasteiger partial charge in [-0.3, -0.25) is 23.4 Å². The summed E-state index contributed by atoms with van der Waals surface area (Å²) in [5, 5.41) is 45.9. The maximum atomic E-state index is 13.3. The Morgan fingerprint density at radius 3 is 2.61 bits per heavy atom. The molecule has 232 valence electrons. The third-order valence-electron chi connectivity index (χ3n) is 6.67. The summed E-state index contributed by atoms with van der Waals surface area (Å²) in [6.07, 6.45) is 0.100. The number of rotatable bonds is 9. The number of carboxylic acids is 2. The molecule has 0 aliphatic carbocycles. The largest absolute Gasteiger partial charge is 0.504 e. The van der Waals surface area contributed by atoms with Gasteiger partial charge >= 0.3 is 29.3 Å². The third kappa shape index (κ3) is 4.88. The number of carboxylic acid groups (broad SMARTS) is 2. The summed E-state index contributed by atoms with van der Waals surface area (Å²) < 4.78 is 6.99. The number of ether oxygens (including phenoxy) is 1. The number of aliphatic carboxylic acids is 2. The van der Waals surface area contributed by atoms with Crippen molar-refractivity contribution in [3.63, 3.8) is 0 Å². The van der Waals surface area contributed by atoms with E-state index >= 15 is 0 Å². The number of aromatic nitrogens is 3. The number of amides is 2. The Kier molecular flexibility index (Phi) is 7.34. The van der Waals surface area contributed by atoms with E-state index in [2.05, 4.69) is 20.3 Å². The molecule has 3 aromatic rings. The van der Waals surface area contributed by atoms with Crippen LogP contribution in [0, 0.1) is 6.92 Å². The summed E-state index contributed by atoms with van der Waals surface area (Å²) in [7, 11) is 0. The van der Waals surface area contributed by atoms with Crippen LogP contribution in [0.3, 0.4) is 0 Å². The van der Waals surface area contributed by atoms with Gasteiger partial charge in [-0.05, 0) is 6.92 Å². The van der Waals surface area contributed by atoms with E-state index in [0.29, 0.717) is 0 Å². The number of fused-ring (bicyclic) bond motifs is 1. The average Bonchev–Trinajstić information content (AvgIpc) is 3.69. The summed E-state index contributed by atoms with van der Waals surface area (Å²) in [5.74, 6) is -7.87. The Balaban J connectivity index is 1.41. The molecule has 44 heavy (non-hydrogen) atoms. The van der Waals surface area contributed by atoms with Gasteiger partial charge in [-0.1, -0.05) is 5.16 Å². The number of imidazole rings is 1. The molecule has 0 spiro atoms. The number of nitrogens with two attached hydrogens (primary N) is 1. The second-order valence-corrected chi connectivity index (χ2v) is 10.3. The molecule has 0 bridgehead atoms. The minimum atomic E-state index is -2.77. The first kappa shape index (κ1) is 29.8. The van der Waals surface area contributed by atoms with Crippen LogP contribution < -0.4 is 16.7 Å². The fourth-order valence-corrected chi connectivity index (χ4v) is 5.22. The van der Waals surface area contributed by atoms with Crippen molar-refractivity contribution in [1.29, 1.82) is 0 Å². The van der Waals surface area contributed by atoms with E-state index in [1.165, 1.54) is 12.3 Å². The third-order valence-corrected chi connectivity index (χ3v) is 7.35. The summed E-state index contributed by atoms with van der Waals surface area (Å²) in [4.78, 5) is 89.6. The number of carbonyl (C=O) groups excluding carboxylic acids is 3. The predicted molar refractivity (Wildman–Crippen MR) is 141 cm³/mol. The standard InChI is InChI=1S/C23H21N7O13S/c1-8-11-2-13(31)14(32)4-28(11)22(40)29(8)12-3-23(20(38)39,43-19(12)37)30-18(36)9(5-42-30)25-17(35)16(27-41-6-15(33)34)10-7-44-21(24)26-10/h2,4,7,9,12,31-32H,3,5-6H2,1H3,(H2,24,26)(H,25,35)(H,33,34)(H,38,39)/b27-16-/t9-,12?,23?/m0/s1. The minimum absolute atomic E-state index is 0.0326. The van der Waals surface area contributed by atoms with Crippen molar-refractivity contribution >= 4 is 57.4 Å². The highest BCUT2D eigenvalue weighted by Gasteiger charge is 2.63. The van der Waals surface area contributed by atoms with Gasteiger partial charge in [0.15, 0.2) is 22.3 Å². The fourth-order valence-electron chi connectivity index (χ4n) is 4.67. The Bertz CT molecular complexity index is 1830. The molecule has 2 saturated heterocycles. The fraction of sp³-hybridized carbons (Fsp3) is 0.304. The van der Waals surface area contributed by atoms with Gasteiger partial charge in [0.2, 0.25) is 6.61 Å². The van der Waals surface area contributed by atoms with Gasteiger partial charge in [-0.15, -0.1) is 11.3 Å². The SMILES string of the molecule is Cc1c2cc(O)c(O)cn2c(=O)n1C1CC(C(=O)O)(N2OC[C@H](NC(=O)/C(=N\OCC(=O)O)c3csc(N)n3)C2=O)OC1=O. The van der Waals surface area contributed by atoms with E-state index in [4.69, 9.17) is 20.4 Å². The van der Waals surface area contributed by atoms with Crippen LogP contribution in [0.15, 0.2) is 27.6 Å². The van der Waals surface area contributed by atoms with Crippen LogP contribution in [0.2, 0.25) is 0 Å². The topological polar surface area (TPSA) is 287 Å². The number of aromatic hydroxyl groups is 2. The second-order valence-electron chi connectivity index (χ2n) is 9.40. The van der Waals surface area contributed by atoms with Crippen molar-refractivity contribution in [2.45, 2.75) is 31.2 Å². The Morgan fingerprint density at radius 1 is 1.25 bits per heavy atom. The number of pyridine rings is 1. The predicted octanol–water partition coefficient (Wildman–Crippen LogP) is -2.11. The maximum Gasteiger partial charge on any atom is 0.372 e. The highest BCUT2D eigenvalue weighted by atomic mass is 32.1. The van der Waals surface area contributed by atoms with Gasteiger partial charge in [0.1, 0.15) is 24.4 Å². The minimum Gasteiger partial charge on any atom is -0.504 e. The number of nitrogens with one attached hydrogen (secondary N) is 1. The molecule has 7 N–H and O–H groups in total. The Morgan fingerprint density at radius 2 is 1.98 bits per heavy atom. The number of nitrogens with zero attached hydrogens (tertiary/aromatic N) is 5. The summed E-state index contributed by atoms with van der Waals surface area (Å²) in [6, 6.07) is -2.07. The number of hydroxylamine groups is 2. The lowest BCUT2D eigenvalue weighted by Gasteiger charge is -2.30. The molecule has 3 aromatic heterocycles. The van der Waals surface area contributed by atoms with Crippen molar-refractivity contribution in [3.8, 4) is 11.5 Å². The number of cyclic esters (lactones) is 1. The molecule has 0 radical (unpaired) electrons. The Labute approximate surface area is 247 Å². The lowest BCUT2D eigenvalue weighted by atomic mass is 10.1. The number of esters is 1. The van der Waals surface area contributed by atoms with Crippen molar-refractivity contribution in [2.75, 3.05) is 18.9 Å². The van der Waals surface area contributed by atoms with Crippen LogP contribution in [0.5, 0.6) is 11.5 Å². The molecule has 2 aliphatic heterocycles. The van der Waals surface area contributed by atoms with Gasteiger partial charge in [-0.2, -0.15) is 5.06 Å². The lowest BCUT2D eigenvalue weighted by molar-refractivity contribution is -0.256. The van der Waals surface area contributed by atoms with Crippen molar-refractivity contribution in [3.05, 3.63) is 39.5 Å². The zero-order valence-corrected chi connectivity index (χ0v) is 23.0. The molecule has 5 rings (SSSR count). The van der Waals surface area contributed by atoms with Crippen molar-refractivity contribution in [1.82, 2.24) is 24.3 Å². The first-order valence-corrected chi connectivity index (χ1v) is 13.2. The maximum absolute atomic E-state index is 13.3. The molecule has 0 saturated carbocycles. The molecule has 3 atom stereocenters. The Hall–Kier alpha value is -5.70. The number of hydrogen-bond acceptors (Lipinski definition) is 15. The number of hydrogen-bond donors (Lipinski definition) is 6.